The van der Waals surface area contributed by atoms with E-state index in [2.05, 4.69) is 9.88 Å². The maximum Gasteiger partial charge on any atom is 0.417 e. The van der Waals surface area contributed by atoms with Gasteiger partial charge in [0.2, 0.25) is 0 Å². The third kappa shape index (κ3) is 3.98. The number of ether oxygens (including phenoxy) is 2. The van der Waals surface area contributed by atoms with E-state index in [0.29, 0.717) is 37.1 Å². The summed E-state index contributed by atoms with van der Waals surface area (Å²) < 4.78 is 50.0. The number of hydrogen-bond acceptors (Lipinski definition) is 5. The van der Waals surface area contributed by atoms with Gasteiger partial charge in [0.05, 0.1) is 31.6 Å². The minimum absolute atomic E-state index is 0.0154. The molecule has 1 aliphatic carbocycles. The summed E-state index contributed by atoms with van der Waals surface area (Å²) in [4.78, 5) is 18.8. The lowest BCUT2D eigenvalue weighted by Gasteiger charge is -2.30. The molecule has 0 saturated carbocycles. The quantitative estimate of drug-likeness (QED) is 0.667. The van der Waals surface area contributed by atoms with Crippen LogP contribution in [0.1, 0.15) is 27.0 Å². The number of alkyl halides is 3. The van der Waals surface area contributed by atoms with Gasteiger partial charge in [-0.15, -0.1) is 0 Å². The molecule has 0 N–H and O–H groups in total. The summed E-state index contributed by atoms with van der Waals surface area (Å²) in [6.45, 7) is 2.67. The number of aromatic nitrogens is 1. The zero-order chi connectivity index (χ0) is 21.5. The lowest BCUT2D eigenvalue weighted by Crippen LogP contribution is -2.36. The second kappa shape index (κ2) is 8.07. The average molecular weight is 441 g/mol. The van der Waals surface area contributed by atoms with Crippen LogP contribution in [0.15, 0.2) is 24.4 Å². The summed E-state index contributed by atoms with van der Waals surface area (Å²) in [5.74, 6) is -0.0128. The summed E-state index contributed by atoms with van der Waals surface area (Å²) >= 11 is 6.03. The second-order valence-corrected chi connectivity index (χ2v) is 7.78. The fourth-order valence-electron chi connectivity index (χ4n) is 4.02. The summed E-state index contributed by atoms with van der Waals surface area (Å²) in [7, 11) is 1.55. The average Bonchev–Trinajstić information content (AvgIpc) is 3.03. The van der Waals surface area contributed by atoms with Crippen LogP contribution in [0.5, 0.6) is 5.75 Å². The fourth-order valence-corrected chi connectivity index (χ4v) is 4.21. The molecule has 9 heteroatoms. The number of ketones is 1. The number of fused-ring (bicyclic) bond motifs is 1. The van der Waals surface area contributed by atoms with Crippen molar-refractivity contribution in [2.45, 2.75) is 19.0 Å². The zero-order valence-electron chi connectivity index (χ0n) is 16.3. The van der Waals surface area contributed by atoms with E-state index in [1.807, 2.05) is 6.07 Å². The number of benzene rings is 1. The topological polar surface area (TPSA) is 51.7 Å². The highest BCUT2D eigenvalue weighted by molar-refractivity contribution is 6.30. The van der Waals surface area contributed by atoms with E-state index in [-0.39, 0.29) is 22.9 Å². The molecule has 0 radical (unpaired) electrons. The lowest BCUT2D eigenvalue weighted by molar-refractivity contribution is -0.137. The van der Waals surface area contributed by atoms with Crippen LogP contribution in [0.2, 0.25) is 5.15 Å². The Hall–Kier alpha value is -2.32. The number of carbonyl (C=O) groups excluding carboxylic acids is 1. The van der Waals surface area contributed by atoms with Crippen LogP contribution in [0, 0.1) is 5.92 Å². The van der Waals surface area contributed by atoms with Crippen molar-refractivity contribution in [2.75, 3.05) is 38.3 Å². The Bertz CT molecular complexity index is 975. The highest BCUT2D eigenvalue weighted by Crippen LogP contribution is 2.39. The molecule has 4 rings (SSSR count). The normalized spacial score (nSPS) is 19.2. The summed E-state index contributed by atoms with van der Waals surface area (Å²) in [5.41, 5.74) is 1.65. The zero-order valence-corrected chi connectivity index (χ0v) is 17.0. The Morgan fingerprint density at radius 3 is 2.67 bits per heavy atom. The summed E-state index contributed by atoms with van der Waals surface area (Å²) in [6.07, 6.45) is -3.29. The Balaban J connectivity index is 1.61. The highest BCUT2D eigenvalue weighted by atomic mass is 35.5. The second-order valence-electron chi connectivity index (χ2n) is 7.42. The fraction of sp³-hybridized carbons (Fsp3) is 0.429. The van der Waals surface area contributed by atoms with Crippen molar-refractivity contribution in [1.29, 1.82) is 0 Å². The molecule has 2 aromatic rings. The third-order valence-corrected chi connectivity index (χ3v) is 5.90. The standard InChI is InChI=1S/C21H20ClF3N2O3/c1-29-18-10-16-12(9-17(18)27-2-4-30-5-3-27)6-13(19(16)28)7-14-8-15(21(23,24)25)11-26-20(14)22/h8-11,13H,2-7H2,1H3. The van der Waals surface area contributed by atoms with E-state index < -0.39 is 17.7 Å². The number of halogens is 4. The molecule has 2 heterocycles. The summed E-state index contributed by atoms with van der Waals surface area (Å²) in [5, 5.41) is -0.0154. The van der Waals surface area contributed by atoms with Crippen molar-refractivity contribution < 1.29 is 27.4 Å². The molecule has 1 fully saturated rings. The number of nitrogens with zero attached hydrogens (tertiary/aromatic N) is 2. The van der Waals surface area contributed by atoms with Crippen molar-refractivity contribution >= 4 is 23.1 Å². The number of anilines is 1. The predicted molar refractivity (Wildman–Crippen MR) is 106 cm³/mol. The van der Waals surface area contributed by atoms with Crippen LogP contribution < -0.4 is 9.64 Å². The van der Waals surface area contributed by atoms with Crippen LogP contribution in [0.25, 0.3) is 0 Å². The first-order valence-corrected chi connectivity index (χ1v) is 9.95. The Labute approximate surface area is 176 Å². The molecule has 1 atom stereocenters. The largest absolute Gasteiger partial charge is 0.495 e. The van der Waals surface area contributed by atoms with Gasteiger partial charge in [-0.05, 0) is 42.2 Å². The first-order valence-electron chi connectivity index (χ1n) is 9.57. The van der Waals surface area contributed by atoms with Crippen LogP contribution >= 0.6 is 11.6 Å². The smallest absolute Gasteiger partial charge is 0.417 e. The van der Waals surface area contributed by atoms with Gasteiger partial charge in [-0.3, -0.25) is 4.79 Å². The third-order valence-electron chi connectivity index (χ3n) is 5.56. The molecule has 1 aromatic heterocycles. The number of carbonyl (C=O) groups is 1. The highest BCUT2D eigenvalue weighted by Gasteiger charge is 2.35. The van der Waals surface area contributed by atoms with Gasteiger partial charge in [0, 0.05) is 30.8 Å². The number of pyridine rings is 1. The minimum atomic E-state index is -4.52. The number of methoxy groups -OCH3 is 1. The van der Waals surface area contributed by atoms with Gasteiger partial charge in [0.1, 0.15) is 10.9 Å². The molecular weight excluding hydrogens is 421 g/mol. The molecule has 1 aromatic carbocycles. The molecule has 1 saturated heterocycles. The number of hydrogen-bond donors (Lipinski definition) is 0. The van der Waals surface area contributed by atoms with E-state index in [0.717, 1.165) is 30.4 Å². The van der Waals surface area contributed by atoms with Gasteiger partial charge in [-0.25, -0.2) is 4.98 Å². The maximum absolute atomic E-state index is 13.0. The van der Waals surface area contributed by atoms with E-state index in [1.165, 1.54) is 0 Å². The van der Waals surface area contributed by atoms with Crippen LogP contribution in [-0.2, 0) is 23.8 Å². The van der Waals surface area contributed by atoms with Gasteiger partial charge in [-0.1, -0.05) is 11.6 Å². The molecule has 0 bridgehead atoms. The molecule has 1 unspecified atom stereocenters. The lowest BCUT2D eigenvalue weighted by atomic mass is 9.96. The van der Waals surface area contributed by atoms with Crippen LogP contribution in [0.3, 0.4) is 0 Å². The van der Waals surface area contributed by atoms with E-state index in [1.54, 1.807) is 13.2 Å². The number of morpholine rings is 1. The molecular formula is C21H20ClF3N2O3. The van der Waals surface area contributed by atoms with Gasteiger partial charge < -0.3 is 14.4 Å². The van der Waals surface area contributed by atoms with Gasteiger partial charge in [0.15, 0.2) is 5.78 Å². The van der Waals surface area contributed by atoms with Crippen molar-refractivity contribution in [3.05, 3.63) is 51.8 Å². The van der Waals surface area contributed by atoms with Crippen molar-refractivity contribution in [2.24, 2.45) is 5.92 Å². The molecule has 1 aliphatic heterocycles. The molecule has 2 aliphatic rings. The number of rotatable bonds is 4. The van der Waals surface area contributed by atoms with Gasteiger partial charge in [-0.2, -0.15) is 13.2 Å². The molecule has 0 spiro atoms. The monoisotopic (exact) mass is 440 g/mol. The van der Waals surface area contributed by atoms with Crippen molar-refractivity contribution in [3.8, 4) is 5.75 Å². The molecule has 5 nitrogen and oxygen atoms in total. The predicted octanol–water partition coefficient (Wildman–Crippen LogP) is 4.20. The first kappa shape index (κ1) is 20.9. The summed E-state index contributed by atoms with van der Waals surface area (Å²) in [6, 6.07) is 4.66. The Morgan fingerprint density at radius 1 is 1.27 bits per heavy atom. The van der Waals surface area contributed by atoms with E-state index in [4.69, 9.17) is 21.1 Å². The van der Waals surface area contributed by atoms with E-state index in [9.17, 15) is 18.0 Å². The van der Waals surface area contributed by atoms with E-state index >= 15 is 0 Å². The van der Waals surface area contributed by atoms with Crippen LogP contribution in [-0.4, -0.2) is 44.2 Å². The SMILES string of the molecule is COc1cc2c(cc1N1CCOCC1)CC(Cc1cc(C(F)(F)F)cnc1Cl)C2=O. The number of Topliss-reactive ketones (excluding diaryl/α,β-unsaturated/α-hetero) is 1. The van der Waals surface area contributed by atoms with Crippen molar-refractivity contribution in [3.63, 3.8) is 0 Å². The molecule has 0 amide bonds. The Kier molecular flexibility index (Phi) is 5.63. The minimum Gasteiger partial charge on any atom is -0.495 e. The van der Waals surface area contributed by atoms with Gasteiger partial charge >= 0.3 is 6.18 Å². The van der Waals surface area contributed by atoms with Crippen molar-refractivity contribution in [1.82, 2.24) is 4.98 Å². The van der Waals surface area contributed by atoms with Gasteiger partial charge in [0.25, 0.3) is 0 Å². The molecule has 160 valence electrons. The Morgan fingerprint density at radius 2 is 2.00 bits per heavy atom. The molecule has 30 heavy (non-hydrogen) atoms. The first-order chi connectivity index (χ1) is 14.3. The maximum atomic E-state index is 13.0. The van der Waals surface area contributed by atoms with Crippen LogP contribution in [0.4, 0.5) is 18.9 Å².